The maximum atomic E-state index is 11.7. The van der Waals surface area contributed by atoms with E-state index in [4.69, 9.17) is 0 Å². The molecule has 1 saturated heterocycles. The summed E-state index contributed by atoms with van der Waals surface area (Å²) in [6.07, 6.45) is 6.20. The van der Waals surface area contributed by atoms with Crippen molar-refractivity contribution in [2.45, 2.75) is 37.7 Å². The molecular formula is C20H33N2O+. The summed E-state index contributed by atoms with van der Waals surface area (Å²) in [4.78, 5) is 2.49. The molecule has 0 bridgehead atoms. The Morgan fingerprint density at radius 1 is 1.04 bits per heavy atom. The normalized spacial score (nSPS) is 25.9. The van der Waals surface area contributed by atoms with Gasteiger partial charge in [-0.15, -0.1) is 0 Å². The molecule has 3 heteroatoms. The van der Waals surface area contributed by atoms with Crippen LogP contribution in [0.15, 0.2) is 30.3 Å². The van der Waals surface area contributed by atoms with Crippen LogP contribution in [-0.4, -0.2) is 61.3 Å². The van der Waals surface area contributed by atoms with E-state index < -0.39 is 5.60 Å². The van der Waals surface area contributed by atoms with E-state index >= 15 is 0 Å². The minimum Gasteiger partial charge on any atom is -0.384 e. The lowest BCUT2D eigenvalue weighted by Crippen LogP contribution is -2.58. The number of β-amino-alcohol motifs (C(OH)–C–C–N with tert-alkyl or cyclic N) is 1. The first-order valence-electron chi connectivity index (χ1n) is 9.32. The lowest BCUT2D eigenvalue weighted by Gasteiger charge is -2.45. The van der Waals surface area contributed by atoms with Gasteiger partial charge in [0.25, 0.3) is 0 Å². The van der Waals surface area contributed by atoms with Gasteiger partial charge < -0.3 is 9.59 Å². The third kappa shape index (κ3) is 3.96. The largest absolute Gasteiger partial charge is 0.384 e. The summed E-state index contributed by atoms with van der Waals surface area (Å²) in [7, 11) is 4.61. The first kappa shape index (κ1) is 16.9. The molecule has 1 aromatic rings. The molecule has 1 N–H and O–H groups in total. The Morgan fingerprint density at radius 3 is 2.26 bits per heavy atom. The monoisotopic (exact) mass is 317 g/mol. The van der Waals surface area contributed by atoms with Crippen LogP contribution in [-0.2, 0) is 5.60 Å². The lowest BCUT2D eigenvalue weighted by atomic mass is 9.73. The number of rotatable bonds is 4. The van der Waals surface area contributed by atoms with Crippen molar-refractivity contribution in [3.63, 3.8) is 0 Å². The van der Waals surface area contributed by atoms with E-state index in [9.17, 15) is 5.11 Å². The summed E-state index contributed by atoms with van der Waals surface area (Å²) >= 11 is 0. The van der Waals surface area contributed by atoms with E-state index in [0.29, 0.717) is 5.92 Å². The first-order chi connectivity index (χ1) is 11.0. The summed E-state index contributed by atoms with van der Waals surface area (Å²) in [5.41, 5.74) is 0.433. The van der Waals surface area contributed by atoms with E-state index in [1.165, 1.54) is 45.2 Å². The standard InChI is InChI=1S/C20H33N2O/c1-22(2)15-13-21(14-16-22)17-20(23,18-9-5-3-6-10-18)19-11-7-4-8-12-19/h3,5-6,9-10,19,23H,4,7-8,11-17H2,1-2H3/q+1/t20-/m1/s1. The summed E-state index contributed by atoms with van der Waals surface area (Å²) in [5, 5.41) is 11.7. The Bertz CT molecular complexity index is 486. The second-order valence-corrected chi connectivity index (χ2v) is 8.28. The van der Waals surface area contributed by atoms with Gasteiger partial charge in [0.05, 0.1) is 27.2 Å². The van der Waals surface area contributed by atoms with Crippen molar-refractivity contribution in [3.8, 4) is 0 Å². The second-order valence-electron chi connectivity index (χ2n) is 8.28. The van der Waals surface area contributed by atoms with Crippen molar-refractivity contribution >= 4 is 0 Å². The zero-order valence-corrected chi connectivity index (χ0v) is 14.9. The predicted molar refractivity (Wildman–Crippen MR) is 95.2 cm³/mol. The molecule has 3 nitrogen and oxygen atoms in total. The number of aliphatic hydroxyl groups is 1. The molecule has 1 aliphatic carbocycles. The van der Waals surface area contributed by atoms with Gasteiger partial charge >= 0.3 is 0 Å². The van der Waals surface area contributed by atoms with E-state index in [1.807, 2.05) is 6.07 Å². The van der Waals surface area contributed by atoms with Crippen LogP contribution in [0.4, 0.5) is 0 Å². The van der Waals surface area contributed by atoms with Gasteiger partial charge in [0.15, 0.2) is 0 Å². The van der Waals surface area contributed by atoms with E-state index in [-0.39, 0.29) is 0 Å². The van der Waals surface area contributed by atoms with Crippen LogP contribution in [0.3, 0.4) is 0 Å². The van der Waals surface area contributed by atoms with Crippen molar-refractivity contribution in [1.29, 1.82) is 0 Å². The molecule has 0 radical (unpaired) electrons. The Labute approximate surface area is 141 Å². The van der Waals surface area contributed by atoms with Crippen LogP contribution in [0, 0.1) is 5.92 Å². The third-order valence-electron chi connectivity index (χ3n) is 6.06. The summed E-state index contributed by atoms with van der Waals surface area (Å²) in [6.45, 7) is 5.33. The fourth-order valence-corrected chi connectivity index (χ4v) is 4.31. The summed E-state index contributed by atoms with van der Waals surface area (Å²) in [5.74, 6) is 0.406. The number of hydrogen-bond donors (Lipinski definition) is 1. The SMILES string of the molecule is C[N+]1(C)CCN(C[C@@](O)(c2ccccc2)C2CCCCC2)CC1. The molecule has 3 rings (SSSR count). The predicted octanol–water partition coefficient (Wildman–Crippen LogP) is 2.85. The number of benzene rings is 1. The number of nitrogens with zero attached hydrogens (tertiary/aromatic N) is 2. The van der Waals surface area contributed by atoms with Crippen molar-refractivity contribution < 1.29 is 9.59 Å². The Hall–Kier alpha value is -0.900. The van der Waals surface area contributed by atoms with Crippen LogP contribution < -0.4 is 0 Å². The Morgan fingerprint density at radius 2 is 1.65 bits per heavy atom. The quantitative estimate of drug-likeness (QED) is 0.863. The maximum Gasteiger partial charge on any atom is 0.105 e. The van der Waals surface area contributed by atoms with Crippen molar-refractivity contribution in [1.82, 2.24) is 4.90 Å². The Kier molecular flexibility index (Phi) is 5.10. The first-order valence-corrected chi connectivity index (χ1v) is 9.32. The van der Waals surface area contributed by atoms with Gasteiger partial charge in [-0.25, -0.2) is 0 Å². The Balaban J connectivity index is 1.78. The second kappa shape index (κ2) is 6.92. The van der Waals surface area contributed by atoms with Gasteiger partial charge in [-0.05, 0) is 24.3 Å². The van der Waals surface area contributed by atoms with Crippen LogP contribution in [0.5, 0.6) is 0 Å². The number of piperazine rings is 1. The molecule has 23 heavy (non-hydrogen) atoms. The number of likely N-dealkylation sites (N-methyl/N-ethyl adjacent to an activating group) is 1. The highest BCUT2D eigenvalue weighted by Gasteiger charge is 2.41. The molecule has 0 unspecified atom stereocenters. The highest BCUT2D eigenvalue weighted by molar-refractivity contribution is 5.24. The number of hydrogen-bond acceptors (Lipinski definition) is 2. The molecule has 1 atom stereocenters. The average Bonchev–Trinajstić information content (AvgIpc) is 2.58. The fraction of sp³-hybridized carbons (Fsp3) is 0.700. The minimum absolute atomic E-state index is 0.406. The molecule has 0 amide bonds. The van der Waals surface area contributed by atoms with Gasteiger partial charge in [-0.1, -0.05) is 49.6 Å². The smallest absolute Gasteiger partial charge is 0.105 e. The molecule has 1 aliphatic heterocycles. The topological polar surface area (TPSA) is 23.5 Å². The molecule has 1 saturated carbocycles. The maximum absolute atomic E-state index is 11.7. The van der Waals surface area contributed by atoms with E-state index in [2.05, 4.69) is 43.3 Å². The van der Waals surface area contributed by atoms with Crippen molar-refractivity contribution in [2.75, 3.05) is 46.8 Å². The fourth-order valence-electron chi connectivity index (χ4n) is 4.31. The van der Waals surface area contributed by atoms with Crippen LogP contribution in [0.2, 0.25) is 0 Å². The molecule has 1 aromatic carbocycles. The zero-order chi connectivity index (χ0) is 16.3. The van der Waals surface area contributed by atoms with Gasteiger partial charge in [-0.2, -0.15) is 0 Å². The molecule has 0 spiro atoms. The molecule has 0 aromatic heterocycles. The highest BCUT2D eigenvalue weighted by atomic mass is 16.3. The van der Waals surface area contributed by atoms with Crippen LogP contribution in [0.1, 0.15) is 37.7 Å². The summed E-state index contributed by atoms with van der Waals surface area (Å²) in [6, 6.07) is 10.4. The van der Waals surface area contributed by atoms with Crippen LogP contribution >= 0.6 is 0 Å². The molecule has 2 fully saturated rings. The van der Waals surface area contributed by atoms with Crippen LogP contribution in [0.25, 0.3) is 0 Å². The molecule has 1 heterocycles. The van der Waals surface area contributed by atoms with Gasteiger partial charge in [0, 0.05) is 19.6 Å². The van der Waals surface area contributed by atoms with Gasteiger partial charge in [0.2, 0.25) is 0 Å². The zero-order valence-electron chi connectivity index (χ0n) is 14.9. The lowest BCUT2D eigenvalue weighted by molar-refractivity contribution is -0.894. The minimum atomic E-state index is -0.684. The van der Waals surface area contributed by atoms with E-state index in [1.54, 1.807) is 0 Å². The molecule has 2 aliphatic rings. The average molecular weight is 317 g/mol. The molecule has 128 valence electrons. The number of quaternary nitrogens is 1. The highest BCUT2D eigenvalue weighted by Crippen LogP contribution is 2.40. The van der Waals surface area contributed by atoms with Gasteiger partial charge in [0.1, 0.15) is 5.60 Å². The third-order valence-corrected chi connectivity index (χ3v) is 6.06. The van der Waals surface area contributed by atoms with E-state index in [0.717, 1.165) is 29.7 Å². The van der Waals surface area contributed by atoms with Crippen molar-refractivity contribution in [3.05, 3.63) is 35.9 Å². The molecular weight excluding hydrogens is 284 g/mol. The van der Waals surface area contributed by atoms with Gasteiger partial charge in [-0.3, -0.25) is 4.90 Å². The summed E-state index contributed by atoms with van der Waals surface area (Å²) < 4.78 is 1.10. The van der Waals surface area contributed by atoms with Crippen molar-refractivity contribution in [2.24, 2.45) is 5.92 Å².